The molecule has 0 unspecified atom stereocenters. The van der Waals surface area contributed by atoms with Gasteiger partial charge in [0.15, 0.2) is 0 Å². The standard InChI is InChI=1S/C10H24O2Si/c1-8(2)11-13(10(5,6)7)12-9(3)4/h8-9,13H,1-7H3. The van der Waals surface area contributed by atoms with Crippen molar-refractivity contribution in [2.24, 2.45) is 0 Å². The third-order valence-corrected chi connectivity index (χ3v) is 4.50. The minimum atomic E-state index is -1.54. The zero-order valence-electron chi connectivity index (χ0n) is 10.0. The summed E-state index contributed by atoms with van der Waals surface area (Å²) in [5.74, 6) is 0. The van der Waals surface area contributed by atoms with Gasteiger partial charge in [-0.3, -0.25) is 0 Å². The smallest absolute Gasteiger partial charge is 0.327 e. The van der Waals surface area contributed by atoms with Crippen molar-refractivity contribution in [1.82, 2.24) is 0 Å². The highest BCUT2D eigenvalue weighted by molar-refractivity contribution is 6.48. The first-order valence-corrected chi connectivity index (χ1v) is 6.56. The summed E-state index contributed by atoms with van der Waals surface area (Å²) in [5.41, 5.74) is 0. The summed E-state index contributed by atoms with van der Waals surface area (Å²) < 4.78 is 11.7. The average Bonchev–Trinajstić information content (AvgIpc) is 1.81. The number of hydrogen-bond acceptors (Lipinski definition) is 2. The van der Waals surface area contributed by atoms with E-state index in [1.165, 1.54) is 0 Å². The van der Waals surface area contributed by atoms with Gasteiger partial charge >= 0.3 is 9.28 Å². The van der Waals surface area contributed by atoms with E-state index in [1.807, 2.05) is 0 Å². The second kappa shape index (κ2) is 5.13. The first kappa shape index (κ1) is 13.1. The molecule has 0 fully saturated rings. The summed E-state index contributed by atoms with van der Waals surface area (Å²) in [6, 6.07) is 0. The second-order valence-electron chi connectivity index (χ2n) is 5.07. The van der Waals surface area contributed by atoms with Crippen LogP contribution in [0, 0.1) is 0 Å². The van der Waals surface area contributed by atoms with Crippen LogP contribution >= 0.6 is 0 Å². The fraction of sp³-hybridized carbons (Fsp3) is 1.00. The minimum Gasteiger partial charge on any atom is -0.394 e. The molecule has 0 aromatic carbocycles. The van der Waals surface area contributed by atoms with E-state index in [1.54, 1.807) is 0 Å². The van der Waals surface area contributed by atoms with Gasteiger partial charge in [0, 0.05) is 17.2 Å². The molecule has 80 valence electrons. The molecule has 3 heteroatoms. The molecule has 0 aliphatic heterocycles. The molecule has 0 rings (SSSR count). The van der Waals surface area contributed by atoms with Gasteiger partial charge in [0.05, 0.1) is 0 Å². The summed E-state index contributed by atoms with van der Waals surface area (Å²) in [4.78, 5) is 0. The van der Waals surface area contributed by atoms with Crippen LogP contribution in [0.1, 0.15) is 48.5 Å². The summed E-state index contributed by atoms with van der Waals surface area (Å²) in [6.45, 7) is 14.8. The second-order valence-corrected chi connectivity index (χ2v) is 8.01. The maximum Gasteiger partial charge on any atom is 0.327 e. The van der Waals surface area contributed by atoms with Crippen LogP contribution in [0.25, 0.3) is 0 Å². The van der Waals surface area contributed by atoms with Gasteiger partial charge in [-0.15, -0.1) is 0 Å². The first-order valence-electron chi connectivity index (χ1n) is 5.04. The molecule has 0 saturated heterocycles. The molecule has 0 atom stereocenters. The van der Waals surface area contributed by atoms with Crippen LogP contribution < -0.4 is 0 Å². The number of hydrogen-bond donors (Lipinski definition) is 0. The van der Waals surface area contributed by atoms with E-state index in [-0.39, 0.29) is 17.2 Å². The van der Waals surface area contributed by atoms with Crippen LogP contribution in [0.15, 0.2) is 0 Å². The topological polar surface area (TPSA) is 18.5 Å². The molecule has 0 saturated carbocycles. The molecule has 0 amide bonds. The highest BCUT2D eigenvalue weighted by Gasteiger charge is 2.31. The molecule has 0 N–H and O–H groups in total. The Morgan fingerprint density at radius 2 is 1.15 bits per heavy atom. The van der Waals surface area contributed by atoms with Crippen molar-refractivity contribution in [3.8, 4) is 0 Å². The largest absolute Gasteiger partial charge is 0.394 e. The fourth-order valence-corrected chi connectivity index (χ4v) is 2.80. The van der Waals surface area contributed by atoms with Crippen LogP contribution in [0.5, 0.6) is 0 Å². The Morgan fingerprint density at radius 1 is 0.846 bits per heavy atom. The molecule has 0 aromatic rings. The quantitative estimate of drug-likeness (QED) is 0.656. The van der Waals surface area contributed by atoms with Crippen molar-refractivity contribution in [2.75, 3.05) is 0 Å². The molecular formula is C10H24O2Si. The highest BCUT2D eigenvalue weighted by atomic mass is 28.3. The van der Waals surface area contributed by atoms with Gasteiger partial charge in [-0.1, -0.05) is 20.8 Å². The van der Waals surface area contributed by atoms with Gasteiger partial charge in [-0.2, -0.15) is 0 Å². The molecular weight excluding hydrogens is 180 g/mol. The van der Waals surface area contributed by atoms with E-state index in [2.05, 4.69) is 48.5 Å². The Hall–Kier alpha value is 0.137. The van der Waals surface area contributed by atoms with E-state index in [9.17, 15) is 0 Å². The SMILES string of the molecule is CC(C)O[SiH](OC(C)C)C(C)(C)C. The van der Waals surface area contributed by atoms with Gasteiger partial charge in [0.2, 0.25) is 0 Å². The van der Waals surface area contributed by atoms with Crippen molar-refractivity contribution >= 4 is 9.28 Å². The summed E-state index contributed by atoms with van der Waals surface area (Å²) in [5, 5.41) is 0.175. The van der Waals surface area contributed by atoms with Gasteiger partial charge in [0.25, 0.3) is 0 Å². The Labute approximate surface area is 84.5 Å². The molecule has 2 nitrogen and oxygen atoms in total. The van der Waals surface area contributed by atoms with Crippen molar-refractivity contribution in [2.45, 2.75) is 65.7 Å². The van der Waals surface area contributed by atoms with E-state index in [0.29, 0.717) is 0 Å². The molecule has 0 aromatic heterocycles. The molecule has 13 heavy (non-hydrogen) atoms. The Morgan fingerprint density at radius 3 is 1.31 bits per heavy atom. The minimum absolute atomic E-state index is 0.175. The summed E-state index contributed by atoms with van der Waals surface area (Å²) in [6.07, 6.45) is 0.546. The van der Waals surface area contributed by atoms with Crippen LogP contribution in [0.4, 0.5) is 0 Å². The van der Waals surface area contributed by atoms with Crippen molar-refractivity contribution in [3.63, 3.8) is 0 Å². The van der Waals surface area contributed by atoms with E-state index >= 15 is 0 Å². The monoisotopic (exact) mass is 204 g/mol. The van der Waals surface area contributed by atoms with Crippen molar-refractivity contribution in [1.29, 1.82) is 0 Å². The molecule has 0 radical (unpaired) electrons. The lowest BCUT2D eigenvalue weighted by atomic mass is 10.3. The Balaban J connectivity index is 4.20. The maximum atomic E-state index is 5.84. The third kappa shape index (κ3) is 6.24. The molecule has 0 bridgehead atoms. The van der Waals surface area contributed by atoms with Crippen molar-refractivity contribution < 1.29 is 8.85 Å². The van der Waals surface area contributed by atoms with Gasteiger partial charge < -0.3 is 8.85 Å². The zero-order chi connectivity index (χ0) is 10.6. The Bertz CT molecular complexity index is 128. The lowest BCUT2D eigenvalue weighted by Crippen LogP contribution is -2.37. The third-order valence-electron chi connectivity index (χ3n) is 1.50. The van der Waals surface area contributed by atoms with E-state index in [0.717, 1.165) is 0 Å². The maximum absolute atomic E-state index is 5.84. The number of rotatable bonds is 4. The molecule has 0 aliphatic carbocycles. The van der Waals surface area contributed by atoms with Crippen molar-refractivity contribution in [3.05, 3.63) is 0 Å². The predicted octanol–water partition coefficient (Wildman–Crippen LogP) is 2.86. The molecule has 0 aliphatic rings. The lowest BCUT2D eigenvalue weighted by Gasteiger charge is -2.31. The summed E-state index contributed by atoms with van der Waals surface area (Å²) in [7, 11) is -1.54. The Kier molecular flexibility index (Phi) is 5.18. The van der Waals surface area contributed by atoms with Crippen LogP contribution in [0.3, 0.4) is 0 Å². The fourth-order valence-electron chi connectivity index (χ4n) is 0.935. The lowest BCUT2D eigenvalue weighted by molar-refractivity contribution is 0.115. The van der Waals surface area contributed by atoms with Gasteiger partial charge in [-0.05, 0) is 27.7 Å². The van der Waals surface area contributed by atoms with Crippen LogP contribution in [-0.2, 0) is 8.85 Å². The normalized spacial score (nSPS) is 13.4. The van der Waals surface area contributed by atoms with Crippen LogP contribution in [0.2, 0.25) is 5.04 Å². The van der Waals surface area contributed by atoms with Gasteiger partial charge in [-0.25, -0.2) is 0 Å². The molecule has 0 heterocycles. The first-order chi connectivity index (χ1) is 5.73. The average molecular weight is 204 g/mol. The van der Waals surface area contributed by atoms with Gasteiger partial charge in [0.1, 0.15) is 0 Å². The zero-order valence-corrected chi connectivity index (χ0v) is 11.2. The predicted molar refractivity (Wildman–Crippen MR) is 59.3 cm³/mol. The molecule has 0 spiro atoms. The van der Waals surface area contributed by atoms with E-state index in [4.69, 9.17) is 8.85 Å². The summed E-state index contributed by atoms with van der Waals surface area (Å²) >= 11 is 0. The highest BCUT2D eigenvalue weighted by Crippen LogP contribution is 2.29. The van der Waals surface area contributed by atoms with Crippen LogP contribution in [-0.4, -0.2) is 21.5 Å². The van der Waals surface area contributed by atoms with E-state index < -0.39 is 9.28 Å².